The number of thiophene rings is 1. The number of rotatable bonds is 5. The fourth-order valence-electron chi connectivity index (χ4n) is 1.11. The van der Waals surface area contributed by atoms with Crippen molar-refractivity contribution in [3.05, 3.63) is 32.4 Å². The molecule has 0 radical (unpaired) electrons. The molecule has 0 bridgehead atoms. The second-order valence-electron chi connectivity index (χ2n) is 3.22. The van der Waals surface area contributed by atoms with Gasteiger partial charge in [0.05, 0.1) is 10.9 Å². The minimum absolute atomic E-state index is 0.277. The minimum Gasteiger partial charge on any atom is -0.466 e. The summed E-state index contributed by atoms with van der Waals surface area (Å²) in [6, 6.07) is 4.09. The number of carbonyl (C=O) groups is 1. The molecule has 0 aliphatic rings. The Kier molecular flexibility index (Phi) is 5.73. The molecular formula is C11H14BrNO2S. The highest BCUT2D eigenvalue weighted by Gasteiger charge is 2.01. The van der Waals surface area contributed by atoms with Crippen molar-refractivity contribution in [1.29, 1.82) is 0 Å². The summed E-state index contributed by atoms with van der Waals surface area (Å²) in [5.41, 5.74) is 0.627. The Bertz CT molecular complexity index is 387. The van der Waals surface area contributed by atoms with E-state index in [-0.39, 0.29) is 5.97 Å². The second kappa shape index (κ2) is 6.83. The zero-order chi connectivity index (χ0) is 12.0. The summed E-state index contributed by atoms with van der Waals surface area (Å²) in [7, 11) is 1.39. The van der Waals surface area contributed by atoms with Crippen LogP contribution in [0.1, 0.15) is 11.8 Å². The molecular weight excluding hydrogens is 290 g/mol. The van der Waals surface area contributed by atoms with Crippen LogP contribution in [0.25, 0.3) is 0 Å². The number of hydrogen-bond acceptors (Lipinski definition) is 4. The topological polar surface area (TPSA) is 38.3 Å². The van der Waals surface area contributed by atoms with Crippen molar-refractivity contribution in [3.8, 4) is 0 Å². The SMILES string of the molecule is COC(=O)/C(C)=C/CNCc1ccc(Br)s1. The number of nitrogens with one attached hydrogen (secondary N) is 1. The van der Waals surface area contributed by atoms with Crippen LogP contribution in [0.4, 0.5) is 0 Å². The lowest BCUT2D eigenvalue weighted by Gasteiger charge is -2.00. The molecule has 16 heavy (non-hydrogen) atoms. The quantitative estimate of drug-likeness (QED) is 0.516. The Balaban J connectivity index is 2.28. The summed E-state index contributed by atoms with van der Waals surface area (Å²) in [4.78, 5) is 12.3. The van der Waals surface area contributed by atoms with Gasteiger partial charge in [-0.1, -0.05) is 6.08 Å². The highest BCUT2D eigenvalue weighted by Crippen LogP contribution is 2.21. The van der Waals surface area contributed by atoms with Crippen LogP contribution in [-0.2, 0) is 16.1 Å². The zero-order valence-electron chi connectivity index (χ0n) is 9.25. The molecule has 5 heteroatoms. The molecule has 1 N–H and O–H groups in total. The molecule has 88 valence electrons. The summed E-state index contributed by atoms with van der Waals surface area (Å²) in [6.07, 6.45) is 1.83. The van der Waals surface area contributed by atoms with Crippen molar-refractivity contribution < 1.29 is 9.53 Å². The molecule has 0 saturated carbocycles. The van der Waals surface area contributed by atoms with Crippen LogP contribution in [0.15, 0.2) is 27.6 Å². The number of methoxy groups -OCH3 is 1. The van der Waals surface area contributed by atoms with Crippen LogP contribution in [0.2, 0.25) is 0 Å². The number of halogens is 1. The lowest BCUT2D eigenvalue weighted by atomic mass is 10.3. The predicted molar refractivity (Wildman–Crippen MR) is 69.5 cm³/mol. The Hall–Kier alpha value is -0.650. The molecule has 1 heterocycles. The first-order valence-corrected chi connectivity index (χ1v) is 6.44. The number of esters is 1. The van der Waals surface area contributed by atoms with Gasteiger partial charge in [0.2, 0.25) is 0 Å². The van der Waals surface area contributed by atoms with Crippen LogP contribution in [0.3, 0.4) is 0 Å². The van der Waals surface area contributed by atoms with E-state index in [1.54, 1.807) is 18.3 Å². The summed E-state index contributed by atoms with van der Waals surface area (Å²) in [5, 5.41) is 3.23. The van der Waals surface area contributed by atoms with Crippen LogP contribution in [-0.4, -0.2) is 19.6 Å². The van der Waals surface area contributed by atoms with Crippen LogP contribution in [0.5, 0.6) is 0 Å². The maximum atomic E-state index is 11.1. The van der Waals surface area contributed by atoms with Gasteiger partial charge in [0.25, 0.3) is 0 Å². The molecule has 3 nitrogen and oxygen atoms in total. The molecule has 1 aromatic rings. The standard InChI is InChI=1S/C11H14BrNO2S/c1-8(11(14)15-2)5-6-13-7-9-3-4-10(12)16-9/h3-5,13H,6-7H2,1-2H3/b8-5+. The molecule has 0 spiro atoms. The van der Waals surface area contributed by atoms with Gasteiger partial charge < -0.3 is 10.1 Å². The van der Waals surface area contributed by atoms with Gasteiger partial charge in [-0.3, -0.25) is 0 Å². The fraction of sp³-hybridized carbons (Fsp3) is 0.364. The number of carbonyl (C=O) groups excluding carboxylic acids is 1. The van der Waals surface area contributed by atoms with Crippen molar-refractivity contribution in [2.75, 3.05) is 13.7 Å². The van der Waals surface area contributed by atoms with E-state index in [1.165, 1.54) is 12.0 Å². The van der Waals surface area contributed by atoms with Crippen molar-refractivity contribution in [2.45, 2.75) is 13.5 Å². The molecule has 0 aliphatic carbocycles. The van der Waals surface area contributed by atoms with E-state index in [0.29, 0.717) is 12.1 Å². The van der Waals surface area contributed by atoms with Crippen LogP contribution < -0.4 is 5.32 Å². The van der Waals surface area contributed by atoms with Crippen molar-refractivity contribution in [3.63, 3.8) is 0 Å². The van der Waals surface area contributed by atoms with Crippen molar-refractivity contribution in [1.82, 2.24) is 5.32 Å². The Morgan fingerprint density at radius 2 is 2.38 bits per heavy atom. The average Bonchev–Trinajstić information content (AvgIpc) is 2.69. The average molecular weight is 304 g/mol. The van der Waals surface area contributed by atoms with E-state index in [2.05, 4.69) is 32.0 Å². The van der Waals surface area contributed by atoms with E-state index in [4.69, 9.17) is 0 Å². The van der Waals surface area contributed by atoms with Crippen LogP contribution in [0, 0.1) is 0 Å². The normalized spacial score (nSPS) is 11.6. The minimum atomic E-state index is -0.277. The van der Waals surface area contributed by atoms with Crippen molar-refractivity contribution in [2.24, 2.45) is 0 Å². The maximum absolute atomic E-state index is 11.1. The highest BCUT2D eigenvalue weighted by molar-refractivity contribution is 9.11. The van der Waals surface area contributed by atoms with E-state index in [9.17, 15) is 4.79 Å². The van der Waals surface area contributed by atoms with Gasteiger partial charge in [0, 0.05) is 23.5 Å². The van der Waals surface area contributed by atoms with Crippen molar-refractivity contribution >= 4 is 33.2 Å². The summed E-state index contributed by atoms with van der Waals surface area (Å²) >= 11 is 5.11. The molecule has 0 fully saturated rings. The predicted octanol–water partition coefficient (Wildman–Crippen LogP) is 2.72. The van der Waals surface area contributed by atoms with E-state index < -0.39 is 0 Å². The highest BCUT2D eigenvalue weighted by atomic mass is 79.9. The monoisotopic (exact) mass is 303 g/mol. The van der Waals surface area contributed by atoms with Gasteiger partial charge in [0.1, 0.15) is 0 Å². The third-order valence-corrected chi connectivity index (χ3v) is 3.61. The summed E-state index contributed by atoms with van der Waals surface area (Å²) < 4.78 is 5.72. The molecule has 0 aliphatic heterocycles. The lowest BCUT2D eigenvalue weighted by Crippen LogP contribution is -2.13. The van der Waals surface area contributed by atoms with Gasteiger partial charge in [-0.25, -0.2) is 4.79 Å². The second-order valence-corrected chi connectivity index (χ2v) is 5.76. The first kappa shape index (κ1) is 13.4. The first-order valence-electron chi connectivity index (χ1n) is 4.83. The maximum Gasteiger partial charge on any atom is 0.333 e. The van der Waals surface area contributed by atoms with Gasteiger partial charge in [-0.2, -0.15) is 0 Å². The van der Waals surface area contributed by atoms with E-state index >= 15 is 0 Å². The molecule has 0 amide bonds. The lowest BCUT2D eigenvalue weighted by molar-refractivity contribution is -0.136. The van der Waals surface area contributed by atoms with E-state index in [1.807, 2.05) is 12.1 Å². The molecule has 1 rings (SSSR count). The zero-order valence-corrected chi connectivity index (χ0v) is 11.7. The fourth-order valence-corrected chi connectivity index (χ4v) is 2.56. The van der Waals surface area contributed by atoms with Gasteiger partial charge in [0.15, 0.2) is 0 Å². The van der Waals surface area contributed by atoms with E-state index in [0.717, 1.165) is 10.3 Å². The Morgan fingerprint density at radius 3 is 2.94 bits per heavy atom. The molecule has 0 saturated heterocycles. The number of ether oxygens (including phenoxy) is 1. The first-order chi connectivity index (χ1) is 7.63. The number of hydrogen-bond donors (Lipinski definition) is 1. The molecule has 1 aromatic heterocycles. The van der Waals surface area contributed by atoms with Crippen LogP contribution >= 0.6 is 27.3 Å². The van der Waals surface area contributed by atoms with Gasteiger partial charge in [-0.15, -0.1) is 11.3 Å². The largest absolute Gasteiger partial charge is 0.466 e. The van der Waals surface area contributed by atoms with Gasteiger partial charge in [-0.05, 0) is 35.0 Å². The Morgan fingerprint density at radius 1 is 1.62 bits per heavy atom. The van der Waals surface area contributed by atoms with Gasteiger partial charge >= 0.3 is 5.97 Å². The summed E-state index contributed by atoms with van der Waals surface area (Å²) in [6.45, 7) is 3.22. The Labute approximate surface area is 108 Å². The molecule has 0 unspecified atom stereocenters. The molecule has 0 atom stereocenters. The molecule has 0 aromatic carbocycles. The third-order valence-electron chi connectivity index (χ3n) is 1.99. The third kappa shape index (κ3) is 4.47. The summed E-state index contributed by atoms with van der Waals surface area (Å²) in [5.74, 6) is -0.277. The smallest absolute Gasteiger partial charge is 0.333 e.